The largest absolute Gasteiger partial charge is 0.261 e. The monoisotopic (exact) mass is 364 g/mol. The number of hydrogen-bond acceptors (Lipinski definition) is 4. The molecule has 23 heavy (non-hydrogen) atoms. The number of rotatable bonds is 3. The Hall–Kier alpha value is -1.95. The fourth-order valence-electron chi connectivity index (χ4n) is 2.14. The fraction of sp³-hybridized carbons (Fsp3) is 0. The van der Waals surface area contributed by atoms with E-state index in [1.54, 1.807) is 18.2 Å². The normalized spacial score (nSPS) is 12.1. The highest BCUT2D eigenvalue weighted by atomic mass is 35.7. The first-order valence-electron chi connectivity index (χ1n) is 6.59. The SMILES string of the molecule is O=S(=O)(Cl)c1cccc(N=Nc2c(Cl)ccc3ccccc23)c1. The van der Waals surface area contributed by atoms with Crippen LogP contribution >= 0.6 is 22.3 Å². The molecule has 116 valence electrons. The third-order valence-electron chi connectivity index (χ3n) is 3.22. The standard InChI is InChI=1S/C16H10Cl2N2O2S/c17-15-9-8-11-4-1-2-7-14(11)16(15)20-19-12-5-3-6-13(10-12)23(18,21)22/h1-10H. The summed E-state index contributed by atoms with van der Waals surface area (Å²) in [5, 5.41) is 10.6. The molecule has 0 N–H and O–H groups in total. The van der Waals surface area contributed by atoms with Gasteiger partial charge in [-0.3, -0.25) is 0 Å². The van der Waals surface area contributed by atoms with Gasteiger partial charge in [0.15, 0.2) is 0 Å². The second-order valence-electron chi connectivity index (χ2n) is 4.75. The van der Waals surface area contributed by atoms with Crippen molar-refractivity contribution >= 4 is 53.5 Å². The summed E-state index contributed by atoms with van der Waals surface area (Å²) in [6, 6.07) is 17.2. The Morgan fingerprint density at radius 3 is 2.43 bits per heavy atom. The van der Waals surface area contributed by atoms with Crippen LogP contribution in [0.2, 0.25) is 5.02 Å². The Morgan fingerprint density at radius 1 is 0.870 bits per heavy atom. The molecule has 3 aromatic carbocycles. The van der Waals surface area contributed by atoms with E-state index in [-0.39, 0.29) is 4.90 Å². The van der Waals surface area contributed by atoms with E-state index >= 15 is 0 Å². The Bertz CT molecular complexity index is 1020. The summed E-state index contributed by atoms with van der Waals surface area (Å²) in [6.07, 6.45) is 0. The van der Waals surface area contributed by atoms with Gasteiger partial charge in [-0.05, 0) is 29.7 Å². The van der Waals surface area contributed by atoms with Crippen molar-refractivity contribution in [3.8, 4) is 0 Å². The van der Waals surface area contributed by atoms with Crippen LogP contribution in [0.25, 0.3) is 10.8 Å². The van der Waals surface area contributed by atoms with Crippen LogP contribution in [0.3, 0.4) is 0 Å². The van der Waals surface area contributed by atoms with Crippen molar-refractivity contribution in [3.63, 3.8) is 0 Å². The topological polar surface area (TPSA) is 58.9 Å². The first kappa shape index (κ1) is 15.9. The van der Waals surface area contributed by atoms with Crippen molar-refractivity contribution in [2.45, 2.75) is 4.90 Å². The predicted molar refractivity (Wildman–Crippen MR) is 92.6 cm³/mol. The smallest absolute Gasteiger partial charge is 0.207 e. The molecule has 0 atom stereocenters. The molecule has 0 heterocycles. The van der Waals surface area contributed by atoms with Gasteiger partial charge >= 0.3 is 0 Å². The maximum absolute atomic E-state index is 11.4. The number of fused-ring (bicyclic) bond motifs is 1. The number of nitrogens with zero attached hydrogens (tertiary/aromatic N) is 2. The summed E-state index contributed by atoms with van der Waals surface area (Å²) in [5.74, 6) is 0. The Kier molecular flexibility index (Phi) is 4.35. The summed E-state index contributed by atoms with van der Waals surface area (Å²) in [6.45, 7) is 0. The molecule has 0 unspecified atom stereocenters. The molecule has 0 aliphatic carbocycles. The summed E-state index contributed by atoms with van der Waals surface area (Å²) in [7, 11) is 1.52. The maximum Gasteiger partial charge on any atom is 0.261 e. The minimum Gasteiger partial charge on any atom is -0.207 e. The third-order valence-corrected chi connectivity index (χ3v) is 4.87. The second kappa shape index (κ2) is 6.28. The molecule has 0 aliphatic rings. The van der Waals surface area contributed by atoms with Gasteiger partial charge in [0.2, 0.25) is 0 Å². The van der Waals surface area contributed by atoms with Gasteiger partial charge in [0.25, 0.3) is 9.05 Å². The number of hydrogen-bond donors (Lipinski definition) is 0. The lowest BCUT2D eigenvalue weighted by Crippen LogP contribution is -1.88. The van der Waals surface area contributed by atoms with Gasteiger partial charge in [0.05, 0.1) is 15.6 Å². The minimum absolute atomic E-state index is 0.0281. The van der Waals surface area contributed by atoms with Crippen molar-refractivity contribution in [1.82, 2.24) is 0 Å². The average molecular weight is 365 g/mol. The molecule has 0 aliphatic heterocycles. The van der Waals surface area contributed by atoms with Gasteiger partial charge in [-0.1, -0.05) is 48.0 Å². The van der Waals surface area contributed by atoms with Crippen molar-refractivity contribution in [2.24, 2.45) is 10.2 Å². The van der Waals surface area contributed by atoms with E-state index < -0.39 is 9.05 Å². The number of halogens is 2. The molecular formula is C16H10Cl2N2O2S. The van der Waals surface area contributed by atoms with E-state index in [0.717, 1.165) is 10.8 Å². The zero-order chi connectivity index (χ0) is 16.4. The van der Waals surface area contributed by atoms with E-state index in [1.165, 1.54) is 12.1 Å². The first-order valence-corrected chi connectivity index (χ1v) is 9.27. The van der Waals surface area contributed by atoms with Crippen LogP contribution < -0.4 is 0 Å². The Balaban J connectivity index is 2.06. The molecular weight excluding hydrogens is 355 g/mol. The van der Waals surface area contributed by atoms with Gasteiger partial charge in [0.1, 0.15) is 5.69 Å². The van der Waals surface area contributed by atoms with Gasteiger partial charge in [-0.15, -0.1) is 5.11 Å². The highest BCUT2D eigenvalue weighted by molar-refractivity contribution is 8.13. The highest BCUT2D eigenvalue weighted by Gasteiger charge is 2.10. The van der Waals surface area contributed by atoms with Crippen LogP contribution in [0.15, 0.2) is 75.8 Å². The molecule has 0 spiro atoms. The minimum atomic E-state index is -3.81. The molecule has 3 rings (SSSR count). The summed E-state index contributed by atoms with van der Waals surface area (Å²) in [5.41, 5.74) is 0.902. The van der Waals surface area contributed by atoms with Crippen molar-refractivity contribution < 1.29 is 8.42 Å². The van der Waals surface area contributed by atoms with Crippen LogP contribution in [0.4, 0.5) is 11.4 Å². The Morgan fingerprint density at radius 2 is 1.65 bits per heavy atom. The van der Waals surface area contributed by atoms with Crippen molar-refractivity contribution in [2.75, 3.05) is 0 Å². The van der Waals surface area contributed by atoms with Crippen LogP contribution in [-0.4, -0.2) is 8.42 Å². The van der Waals surface area contributed by atoms with Crippen LogP contribution in [0.1, 0.15) is 0 Å². The predicted octanol–water partition coefficient (Wildman–Crippen LogP) is 5.84. The zero-order valence-corrected chi connectivity index (χ0v) is 14.0. The van der Waals surface area contributed by atoms with E-state index in [4.69, 9.17) is 22.3 Å². The van der Waals surface area contributed by atoms with E-state index in [2.05, 4.69) is 10.2 Å². The summed E-state index contributed by atoms with van der Waals surface area (Å²) < 4.78 is 22.7. The molecule has 0 fully saturated rings. The van der Waals surface area contributed by atoms with Crippen molar-refractivity contribution in [3.05, 3.63) is 65.7 Å². The summed E-state index contributed by atoms with van der Waals surface area (Å²) in [4.78, 5) is -0.0281. The lowest BCUT2D eigenvalue weighted by Gasteiger charge is -2.03. The molecule has 4 nitrogen and oxygen atoms in total. The van der Waals surface area contributed by atoms with E-state index in [9.17, 15) is 8.42 Å². The molecule has 0 saturated carbocycles. The van der Waals surface area contributed by atoms with Gasteiger partial charge in [0, 0.05) is 16.1 Å². The van der Waals surface area contributed by atoms with Gasteiger partial charge < -0.3 is 0 Å². The maximum atomic E-state index is 11.4. The second-order valence-corrected chi connectivity index (χ2v) is 7.73. The van der Waals surface area contributed by atoms with Gasteiger partial charge in [-0.2, -0.15) is 5.11 Å². The lowest BCUT2D eigenvalue weighted by atomic mass is 10.1. The van der Waals surface area contributed by atoms with E-state index in [1.807, 2.05) is 30.3 Å². The molecule has 0 aromatic heterocycles. The number of benzene rings is 3. The highest BCUT2D eigenvalue weighted by Crippen LogP contribution is 2.35. The molecule has 0 saturated heterocycles. The third kappa shape index (κ3) is 3.52. The fourth-order valence-corrected chi connectivity index (χ4v) is 3.13. The molecule has 3 aromatic rings. The zero-order valence-electron chi connectivity index (χ0n) is 11.6. The molecule has 7 heteroatoms. The molecule has 0 radical (unpaired) electrons. The van der Waals surface area contributed by atoms with Gasteiger partial charge in [-0.25, -0.2) is 8.42 Å². The number of azo groups is 1. The van der Waals surface area contributed by atoms with Crippen LogP contribution in [0, 0.1) is 0 Å². The summed E-state index contributed by atoms with van der Waals surface area (Å²) >= 11 is 6.20. The van der Waals surface area contributed by atoms with Crippen molar-refractivity contribution in [1.29, 1.82) is 0 Å². The Labute approximate surface area is 142 Å². The molecule has 0 bridgehead atoms. The molecule has 0 amide bonds. The van der Waals surface area contributed by atoms with E-state index in [0.29, 0.717) is 16.4 Å². The lowest BCUT2D eigenvalue weighted by molar-refractivity contribution is 0.609. The first-order chi connectivity index (χ1) is 10.9. The van der Waals surface area contributed by atoms with Crippen LogP contribution in [0.5, 0.6) is 0 Å². The quantitative estimate of drug-likeness (QED) is 0.433. The van der Waals surface area contributed by atoms with Crippen LogP contribution in [-0.2, 0) is 9.05 Å². The average Bonchev–Trinajstić information content (AvgIpc) is 2.53.